The van der Waals surface area contributed by atoms with Gasteiger partial charge < -0.3 is 5.32 Å². The number of hydrogen-bond acceptors (Lipinski definition) is 6. The van der Waals surface area contributed by atoms with Gasteiger partial charge in [-0.15, -0.1) is 0 Å². The van der Waals surface area contributed by atoms with Crippen molar-refractivity contribution in [2.45, 2.75) is 24.3 Å². The molecular formula is C24H25IN4O4S. The summed E-state index contributed by atoms with van der Waals surface area (Å²) in [6, 6.07) is 15.6. The van der Waals surface area contributed by atoms with Crippen molar-refractivity contribution in [1.82, 2.24) is 14.8 Å². The fourth-order valence-electron chi connectivity index (χ4n) is 3.25. The van der Waals surface area contributed by atoms with Gasteiger partial charge in [-0.05, 0) is 95.4 Å². The summed E-state index contributed by atoms with van der Waals surface area (Å²) in [4.78, 5) is 22.3. The van der Waals surface area contributed by atoms with Crippen molar-refractivity contribution >= 4 is 49.9 Å². The van der Waals surface area contributed by atoms with Gasteiger partial charge in [-0.3, -0.25) is 14.6 Å². The number of carbonyl (C=O) groups excluding carboxylic acids is 1. The van der Waals surface area contributed by atoms with Gasteiger partial charge in [-0.2, -0.15) is 4.31 Å². The molecule has 1 aliphatic rings. The van der Waals surface area contributed by atoms with Crippen molar-refractivity contribution in [2.75, 3.05) is 19.0 Å². The Morgan fingerprint density at radius 3 is 2.62 bits per heavy atom. The van der Waals surface area contributed by atoms with E-state index < -0.39 is 15.9 Å². The molecule has 2 aromatic carbocycles. The number of nitrogens with zero attached hydrogens (tertiary/aromatic N) is 2. The maximum absolute atomic E-state index is 13.3. The van der Waals surface area contributed by atoms with E-state index in [2.05, 4.69) is 38.4 Å². The Hall–Kier alpha value is -2.54. The monoisotopic (exact) mass is 592 g/mol. The highest BCUT2D eigenvalue weighted by molar-refractivity contribution is 14.1. The molecule has 0 aliphatic heterocycles. The van der Waals surface area contributed by atoms with Crippen LogP contribution in [0.2, 0.25) is 0 Å². The van der Waals surface area contributed by atoms with Crippen molar-refractivity contribution in [3.05, 3.63) is 81.7 Å². The molecule has 1 amide bonds. The first-order valence-corrected chi connectivity index (χ1v) is 13.3. The summed E-state index contributed by atoms with van der Waals surface area (Å²) >= 11 is 2.20. The molecule has 8 nitrogen and oxygen atoms in total. The van der Waals surface area contributed by atoms with Crippen LogP contribution in [0.15, 0.2) is 71.9 Å². The zero-order valence-corrected chi connectivity index (χ0v) is 21.5. The number of carbonyl (C=O) groups is 1. The molecule has 0 unspecified atom stereocenters. The Kier molecular flexibility index (Phi) is 7.81. The molecule has 1 fully saturated rings. The van der Waals surface area contributed by atoms with Gasteiger partial charge in [0, 0.05) is 35.2 Å². The van der Waals surface area contributed by atoms with Gasteiger partial charge in [0.1, 0.15) is 0 Å². The molecule has 178 valence electrons. The first-order valence-electron chi connectivity index (χ1n) is 10.8. The molecule has 2 N–H and O–H groups in total. The van der Waals surface area contributed by atoms with Crippen LogP contribution >= 0.6 is 22.6 Å². The minimum Gasteiger partial charge on any atom is -0.355 e. The van der Waals surface area contributed by atoms with Gasteiger partial charge in [0.15, 0.2) is 0 Å². The number of hydrogen-bond donors (Lipinski definition) is 2. The van der Waals surface area contributed by atoms with Gasteiger partial charge in [-0.25, -0.2) is 13.9 Å². The van der Waals surface area contributed by atoms with Gasteiger partial charge in [0.25, 0.3) is 5.91 Å². The number of halogens is 1. The van der Waals surface area contributed by atoms with Gasteiger partial charge in [0.05, 0.1) is 22.8 Å². The highest BCUT2D eigenvalue weighted by Gasteiger charge is 2.25. The number of nitrogens with one attached hydrogen (secondary N) is 2. The first-order chi connectivity index (χ1) is 16.3. The lowest BCUT2D eigenvalue weighted by molar-refractivity contribution is 0.0271. The highest BCUT2D eigenvalue weighted by Crippen LogP contribution is 2.29. The second-order valence-electron chi connectivity index (χ2n) is 8.15. The van der Waals surface area contributed by atoms with E-state index in [1.54, 1.807) is 18.5 Å². The molecule has 1 heterocycles. The Labute approximate surface area is 212 Å². The van der Waals surface area contributed by atoms with Crippen molar-refractivity contribution < 1.29 is 18.0 Å². The first kappa shape index (κ1) is 24.6. The van der Waals surface area contributed by atoms with Crippen LogP contribution in [0.25, 0.3) is 0 Å². The average Bonchev–Trinajstić information content (AvgIpc) is 3.65. The Morgan fingerprint density at radius 1 is 1.18 bits per heavy atom. The van der Waals surface area contributed by atoms with Crippen LogP contribution in [0.5, 0.6) is 0 Å². The van der Waals surface area contributed by atoms with Crippen LogP contribution in [0.3, 0.4) is 0 Å². The van der Waals surface area contributed by atoms with Crippen molar-refractivity contribution in [3.63, 3.8) is 0 Å². The third-order valence-corrected chi connectivity index (χ3v) is 7.89. The van der Waals surface area contributed by atoms with Crippen LogP contribution in [0, 0.1) is 9.49 Å². The van der Waals surface area contributed by atoms with Crippen LogP contribution in [-0.4, -0.2) is 37.3 Å². The van der Waals surface area contributed by atoms with E-state index in [9.17, 15) is 13.2 Å². The van der Waals surface area contributed by atoms with E-state index in [1.807, 2.05) is 30.3 Å². The number of sulfonamides is 1. The smallest absolute Gasteiger partial charge is 0.276 e. The molecule has 0 radical (unpaired) electrons. The lowest BCUT2D eigenvalue weighted by Gasteiger charge is -2.19. The minimum absolute atomic E-state index is 0.0716. The van der Waals surface area contributed by atoms with Gasteiger partial charge in [-0.1, -0.05) is 6.07 Å². The molecule has 0 atom stereocenters. The zero-order chi connectivity index (χ0) is 24.1. The number of pyridine rings is 1. The Morgan fingerprint density at radius 2 is 1.94 bits per heavy atom. The largest absolute Gasteiger partial charge is 0.355 e. The highest BCUT2D eigenvalue weighted by atomic mass is 127. The lowest BCUT2D eigenvalue weighted by atomic mass is 10.1. The van der Waals surface area contributed by atoms with E-state index in [-0.39, 0.29) is 17.0 Å². The van der Waals surface area contributed by atoms with Crippen LogP contribution in [-0.2, 0) is 21.4 Å². The van der Waals surface area contributed by atoms with Crippen molar-refractivity contribution in [1.29, 1.82) is 0 Å². The number of aromatic nitrogens is 1. The molecular weight excluding hydrogens is 567 g/mol. The summed E-state index contributed by atoms with van der Waals surface area (Å²) < 4.78 is 28.9. The number of amides is 1. The van der Waals surface area contributed by atoms with Crippen molar-refractivity contribution in [3.8, 4) is 0 Å². The van der Waals surface area contributed by atoms with Crippen LogP contribution < -0.4 is 10.8 Å². The van der Waals surface area contributed by atoms with E-state index in [1.165, 1.54) is 29.6 Å². The molecule has 10 heteroatoms. The maximum atomic E-state index is 13.3. The van der Waals surface area contributed by atoms with E-state index in [4.69, 9.17) is 4.84 Å². The third-order valence-electron chi connectivity index (χ3n) is 5.38. The molecule has 1 aliphatic carbocycles. The Balaban J connectivity index is 1.60. The second kappa shape index (κ2) is 10.8. The number of hydroxylamine groups is 1. The molecule has 1 saturated carbocycles. The maximum Gasteiger partial charge on any atom is 0.276 e. The van der Waals surface area contributed by atoms with E-state index in [0.29, 0.717) is 18.2 Å². The predicted molar refractivity (Wildman–Crippen MR) is 138 cm³/mol. The number of anilines is 2. The quantitative estimate of drug-likeness (QED) is 0.269. The fraction of sp³-hybridized carbons (Fsp3) is 0.250. The summed E-state index contributed by atoms with van der Waals surface area (Å²) in [5, 5.41) is 3.18. The molecule has 0 saturated heterocycles. The molecule has 1 aromatic heterocycles. The van der Waals surface area contributed by atoms with Gasteiger partial charge in [0.2, 0.25) is 10.0 Å². The topological polar surface area (TPSA) is 101 Å². The standard InChI is InChI=1S/C24H25IN4O4S/c1-29(15-18-3-2-12-26-14-18)34(31,32)21-10-11-22(24(30)28-33-16-17-4-5-17)23(13-21)27-20-8-6-19(25)7-9-20/h2-3,6-14,17,27H,4-5,15-16H2,1H3,(H,28,30). The molecule has 0 bridgehead atoms. The summed E-state index contributed by atoms with van der Waals surface area (Å²) in [6.07, 6.45) is 5.48. The predicted octanol–water partition coefficient (Wildman–Crippen LogP) is 4.32. The van der Waals surface area contributed by atoms with Crippen LogP contribution in [0.1, 0.15) is 28.8 Å². The summed E-state index contributed by atoms with van der Waals surface area (Å²) in [5.74, 6) is 0.0499. The van der Waals surface area contributed by atoms with Crippen LogP contribution in [0.4, 0.5) is 11.4 Å². The SMILES string of the molecule is CN(Cc1cccnc1)S(=O)(=O)c1ccc(C(=O)NOCC2CC2)c(Nc2ccc(I)cc2)c1. The Bertz CT molecular complexity index is 1250. The van der Waals surface area contributed by atoms with E-state index >= 15 is 0 Å². The average molecular weight is 592 g/mol. The van der Waals surface area contributed by atoms with Gasteiger partial charge >= 0.3 is 0 Å². The third kappa shape index (κ3) is 6.32. The lowest BCUT2D eigenvalue weighted by Crippen LogP contribution is -2.28. The summed E-state index contributed by atoms with van der Waals surface area (Å²) in [6.45, 7) is 0.643. The summed E-state index contributed by atoms with van der Waals surface area (Å²) in [7, 11) is -2.30. The van der Waals surface area contributed by atoms with E-state index in [0.717, 1.165) is 27.7 Å². The molecule has 4 rings (SSSR count). The summed E-state index contributed by atoms with van der Waals surface area (Å²) in [5.41, 5.74) is 4.62. The number of benzene rings is 2. The fourth-order valence-corrected chi connectivity index (χ4v) is 4.80. The number of rotatable bonds is 10. The minimum atomic E-state index is -3.82. The normalized spacial score (nSPS) is 13.6. The molecule has 3 aromatic rings. The molecule has 34 heavy (non-hydrogen) atoms. The zero-order valence-electron chi connectivity index (χ0n) is 18.6. The van der Waals surface area contributed by atoms with Crippen molar-refractivity contribution in [2.24, 2.45) is 5.92 Å². The second-order valence-corrected chi connectivity index (χ2v) is 11.4. The molecule has 0 spiro atoms.